The van der Waals surface area contributed by atoms with E-state index in [9.17, 15) is 13.2 Å². The van der Waals surface area contributed by atoms with Crippen LogP contribution in [0.25, 0.3) is 0 Å². The van der Waals surface area contributed by atoms with Gasteiger partial charge in [0.05, 0.1) is 12.3 Å². The Kier molecular flexibility index (Phi) is 3.36. The molecule has 0 radical (unpaired) electrons. The fourth-order valence-corrected chi connectivity index (χ4v) is 5.76. The lowest BCUT2D eigenvalue weighted by atomic mass is 9.53. The summed E-state index contributed by atoms with van der Waals surface area (Å²) >= 11 is 0. The Bertz CT molecular complexity index is 479. The van der Waals surface area contributed by atoms with Crippen molar-refractivity contribution in [2.75, 3.05) is 6.26 Å². The summed E-state index contributed by atoms with van der Waals surface area (Å²) in [6, 6.07) is -0.696. The Hall–Kier alpha value is -0.620. The van der Waals surface area contributed by atoms with Crippen LogP contribution >= 0.6 is 0 Å². The van der Waals surface area contributed by atoms with Crippen LogP contribution in [0.2, 0.25) is 0 Å². The van der Waals surface area contributed by atoms with E-state index in [-0.39, 0.29) is 11.4 Å². The van der Waals surface area contributed by atoms with Crippen molar-refractivity contribution in [3.8, 4) is 0 Å². The molecule has 4 aliphatic rings. The van der Waals surface area contributed by atoms with Crippen LogP contribution in [0.15, 0.2) is 0 Å². The van der Waals surface area contributed by atoms with E-state index in [1.165, 1.54) is 19.3 Å². The average Bonchev–Trinajstić information content (AvgIpc) is 2.23. The number of rotatable bonds is 4. The summed E-state index contributed by atoms with van der Waals surface area (Å²) in [5.74, 6) is 2.11. The molecule has 20 heavy (non-hydrogen) atoms. The molecular weight excluding hydrogens is 276 g/mol. The van der Waals surface area contributed by atoms with Gasteiger partial charge in [0.1, 0.15) is 0 Å². The second-order valence-electron chi connectivity index (χ2n) is 7.30. The predicted octanol–water partition coefficient (Wildman–Crippen LogP) is 1.01. The molecule has 4 bridgehead atoms. The van der Waals surface area contributed by atoms with Crippen LogP contribution in [-0.4, -0.2) is 32.2 Å². The molecule has 1 atom stereocenters. The lowest BCUT2D eigenvalue weighted by molar-refractivity contribution is -0.128. The highest BCUT2D eigenvalue weighted by Crippen LogP contribution is 2.55. The molecule has 1 amide bonds. The van der Waals surface area contributed by atoms with Crippen molar-refractivity contribution in [1.29, 1.82) is 0 Å². The maximum atomic E-state index is 12.3. The SMILES string of the molecule is CC(NS(C)(=O)=O)C(=O)NC12CC3CC(CC(C3)C1)C2. The third-order valence-electron chi connectivity index (χ3n) is 5.21. The number of carbonyl (C=O) groups excluding carboxylic acids is 1. The molecule has 0 aromatic heterocycles. The molecule has 4 aliphatic carbocycles. The highest BCUT2D eigenvalue weighted by molar-refractivity contribution is 7.88. The zero-order valence-corrected chi connectivity index (χ0v) is 13.0. The lowest BCUT2D eigenvalue weighted by Crippen LogP contribution is -2.62. The minimum atomic E-state index is -3.35. The minimum absolute atomic E-state index is 0.0563. The molecule has 5 nitrogen and oxygen atoms in total. The van der Waals surface area contributed by atoms with Crippen molar-refractivity contribution in [1.82, 2.24) is 10.0 Å². The van der Waals surface area contributed by atoms with Gasteiger partial charge in [0.15, 0.2) is 0 Å². The van der Waals surface area contributed by atoms with Crippen LogP contribution in [-0.2, 0) is 14.8 Å². The van der Waals surface area contributed by atoms with Gasteiger partial charge in [-0.25, -0.2) is 13.1 Å². The number of sulfonamides is 1. The molecule has 0 heterocycles. The lowest BCUT2D eigenvalue weighted by Gasteiger charge is -2.57. The maximum Gasteiger partial charge on any atom is 0.238 e. The Morgan fingerprint density at radius 2 is 1.55 bits per heavy atom. The number of nitrogens with one attached hydrogen (secondary N) is 2. The van der Waals surface area contributed by atoms with Crippen LogP contribution in [0.5, 0.6) is 0 Å². The van der Waals surface area contributed by atoms with Crippen molar-refractivity contribution in [2.24, 2.45) is 17.8 Å². The van der Waals surface area contributed by atoms with Gasteiger partial charge in [-0.05, 0) is 63.2 Å². The van der Waals surface area contributed by atoms with Crippen LogP contribution in [0, 0.1) is 17.8 Å². The molecule has 0 saturated heterocycles. The quantitative estimate of drug-likeness (QED) is 0.813. The van der Waals surface area contributed by atoms with Gasteiger partial charge in [0.2, 0.25) is 15.9 Å². The van der Waals surface area contributed by atoms with Gasteiger partial charge < -0.3 is 5.32 Å². The number of carbonyl (C=O) groups is 1. The highest BCUT2D eigenvalue weighted by Gasteiger charge is 2.51. The van der Waals surface area contributed by atoms with Crippen LogP contribution in [0.4, 0.5) is 0 Å². The van der Waals surface area contributed by atoms with Gasteiger partial charge >= 0.3 is 0 Å². The van der Waals surface area contributed by atoms with Gasteiger partial charge in [-0.15, -0.1) is 0 Å². The van der Waals surface area contributed by atoms with Gasteiger partial charge in [-0.1, -0.05) is 0 Å². The van der Waals surface area contributed by atoms with Gasteiger partial charge in [0, 0.05) is 5.54 Å². The molecule has 6 heteroatoms. The van der Waals surface area contributed by atoms with Crippen LogP contribution in [0.1, 0.15) is 45.4 Å². The predicted molar refractivity (Wildman–Crippen MR) is 76.5 cm³/mol. The summed E-state index contributed by atoms with van der Waals surface area (Å²) in [5, 5.41) is 3.18. The van der Waals surface area contributed by atoms with E-state index < -0.39 is 16.1 Å². The van der Waals surface area contributed by atoms with Crippen molar-refractivity contribution < 1.29 is 13.2 Å². The molecule has 4 fully saturated rings. The van der Waals surface area contributed by atoms with E-state index in [1.807, 2.05) is 0 Å². The Balaban J connectivity index is 1.67. The highest BCUT2D eigenvalue weighted by atomic mass is 32.2. The largest absolute Gasteiger partial charge is 0.349 e. The molecule has 4 rings (SSSR count). The molecule has 4 saturated carbocycles. The first-order chi connectivity index (χ1) is 9.25. The van der Waals surface area contributed by atoms with E-state index >= 15 is 0 Å². The second kappa shape index (κ2) is 4.70. The van der Waals surface area contributed by atoms with Crippen molar-refractivity contribution in [3.63, 3.8) is 0 Å². The van der Waals surface area contributed by atoms with Crippen LogP contribution < -0.4 is 10.0 Å². The molecule has 0 aromatic rings. The number of amides is 1. The van der Waals surface area contributed by atoms with E-state index in [1.54, 1.807) is 6.92 Å². The minimum Gasteiger partial charge on any atom is -0.349 e. The molecule has 0 spiro atoms. The van der Waals surface area contributed by atoms with Crippen molar-refractivity contribution in [2.45, 2.75) is 57.0 Å². The summed E-state index contributed by atoms with van der Waals surface area (Å²) < 4.78 is 24.8. The molecular formula is C14H24N2O3S. The smallest absolute Gasteiger partial charge is 0.238 e. The standard InChI is InChI=1S/C14H24N2O3S/c1-9(16-20(2,18)19)13(17)15-14-6-10-3-11(7-14)5-12(4-10)8-14/h9-12,16H,3-8H2,1-2H3,(H,15,17). The fourth-order valence-electron chi connectivity index (χ4n) is 5.01. The molecule has 1 unspecified atom stereocenters. The first-order valence-corrected chi connectivity index (χ1v) is 9.43. The van der Waals surface area contributed by atoms with E-state index in [0.717, 1.165) is 43.3 Å². The number of hydrogen-bond acceptors (Lipinski definition) is 3. The number of hydrogen-bond donors (Lipinski definition) is 2. The summed E-state index contributed by atoms with van der Waals surface area (Å²) in [4.78, 5) is 12.3. The zero-order chi connectivity index (χ0) is 14.5. The molecule has 0 aromatic carbocycles. The van der Waals surface area contributed by atoms with Gasteiger partial charge in [-0.3, -0.25) is 4.79 Å². The molecule has 2 N–H and O–H groups in total. The van der Waals surface area contributed by atoms with Crippen molar-refractivity contribution >= 4 is 15.9 Å². The topological polar surface area (TPSA) is 75.3 Å². The van der Waals surface area contributed by atoms with Gasteiger partial charge in [0.25, 0.3) is 0 Å². The summed E-state index contributed by atoms with van der Waals surface area (Å²) in [5.41, 5.74) is -0.0563. The molecule has 0 aliphatic heterocycles. The normalized spacial score (nSPS) is 40.6. The Morgan fingerprint density at radius 3 is 1.95 bits per heavy atom. The third kappa shape index (κ3) is 2.86. The maximum absolute atomic E-state index is 12.3. The third-order valence-corrected chi connectivity index (χ3v) is 5.99. The van der Waals surface area contributed by atoms with Gasteiger partial charge in [-0.2, -0.15) is 0 Å². The fraction of sp³-hybridized carbons (Fsp3) is 0.929. The second-order valence-corrected chi connectivity index (χ2v) is 9.08. The van der Waals surface area contributed by atoms with Crippen molar-refractivity contribution in [3.05, 3.63) is 0 Å². The monoisotopic (exact) mass is 300 g/mol. The zero-order valence-electron chi connectivity index (χ0n) is 12.2. The van der Waals surface area contributed by atoms with E-state index in [2.05, 4.69) is 10.0 Å². The summed E-state index contributed by atoms with van der Waals surface area (Å²) in [6.45, 7) is 1.61. The summed E-state index contributed by atoms with van der Waals surface area (Å²) in [7, 11) is -3.35. The average molecular weight is 300 g/mol. The summed E-state index contributed by atoms with van der Waals surface area (Å²) in [6.07, 6.45) is 8.30. The first kappa shape index (κ1) is 14.3. The Labute approximate surface area is 120 Å². The Morgan fingerprint density at radius 1 is 1.10 bits per heavy atom. The molecule has 114 valence electrons. The van der Waals surface area contributed by atoms with E-state index in [0.29, 0.717) is 0 Å². The van der Waals surface area contributed by atoms with Crippen LogP contribution in [0.3, 0.4) is 0 Å². The first-order valence-electron chi connectivity index (χ1n) is 7.54. The van der Waals surface area contributed by atoms with E-state index in [4.69, 9.17) is 0 Å².